The van der Waals surface area contributed by atoms with Gasteiger partial charge < -0.3 is 29.8 Å². The maximum absolute atomic E-state index is 10.8. The summed E-state index contributed by atoms with van der Waals surface area (Å²) in [5.41, 5.74) is 0. The van der Waals surface area contributed by atoms with Crippen molar-refractivity contribution in [3.05, 3.63) is 0 Å². The highest BCUT2D eigenvalue weighted by Gasteiger charge is 2.36. The maximum atomic E-state index is 10.8. The van der Waals surface area contributed by atoms with Crippen molar-refractivity contribution in [1.29, 1.82) is 0 Å². The van der Waals surface area contributed by atoms with E-state index in [9.17, 15) is 9.36 Å². The summed E-state index contributed by atoms with van der Waals surface area (Å²) in [4.78, 5) is 29.6. The van der Waals surface area contributed by atoms with E-state index in [-0.39, 0.29) is 0 Å². The second-order valence-corrected chi connectivity index (χ2v) is 5.85. The smallest absolute Gasteiger partial charge is 0.391 e. The fourth-order valence-electron chi connectivity index (χ4n) is 1.45. The SMILES string of the molecule is CCN(CC)CC.C[C@H](O)[C@@H](O)[C@@H](O)[C@H](O)C(=O)OP(=O)(O)O. The van der Waals surface area contributed by atoms with Crippen molar-refractivity contribution < 1.29 is 44.1 Å². The first-order valence-corrected chi connectivity index (χ1v) is 8.67. The predicted octanol–water partition coefficient (Wildman–Crippen LogP) is -1.57. The summed E-state index contributed by atoms with van der Waals surface area (Å²) in [6.45, 7) is 11.2. The number of carbonyl (C=O) groups excluding carboxylic acids is 1. The standard InChI is InChI=1S/C6H15N.C6H13O9P/c1-4-7(5-2)6-3;1-2(7)3(8)4(9)5(10)6(11)15-16(12,13)14/h4-6H2,1-3H3;2-5,7-10H,1H3,(H2,12,13,14)/t;2-,3+,4+,5-/m.0/s1. The quantitative estimate of drug-likeness (QED) is 0.278. The zero-order valence-electron chi connectivity index (χ0n) is 13.7. The average Bonchev–Trinajstić information content (AvgIpc) is 2.45. The molecular weight excluding hydrogens is 333 g/mol. The number of nitrogens with zero attached hydrogens (tertiary/aromatic N) is 1. The van der Waals surface area contributed by atoms with Gasteiger partial charge in [0, 0.05) is 0 Å². The van der Waals surface area contributed by atoms with Crippen LogP contribution in [0.15, 0.2) is 0 Å². The van der Waals surface area contributed by atoms with Crippen LogP contribution in [0.3, 0.4) is 0 Å². The van der Waals surface area contributed by atoms with Crippen molar-refractivity contribution in [2.75, 3.05) is 19.6 Å². The number of aliphatic hydroxyl groups is 4. The first-order valence-electron chi connectivity index (χ1n) is 7.14. The van der Waals surface area contributed by atoms with Crippen molar-refractivity contribution in [2.24, 2.45) is 0 Å². The van der Waals surface area contributed by atoms with E-state index >= 15 is 0 Å². The molecule has 0 rings (SSSR count). The van der Waals surface area contributed by atoms with Gasteiger partial charge in [-0.1, -0.05) is 20.8 Å². The van der Waals surface area contributed by atoms with E-state index < -0.39 is 38.2 Å². The molecule has 11 heteroatoms. The average molecular weight is 361 g/mol. The Morgan fingerprint density at radius 3 is 1.61 bits per heavy atom. The number of rotatable bonds is 8. The van der Waals surface area contributed by atoms with E-state index in [1.165, 1.54) is 19.6 Å². The highest BCUT2D eigenvalue weighted by molar-refractivity contribution is 7.46. The van der Waals surface area contributed by atoms with Gasteiger partial charge in [0.1, 0.15) is 12.2 Å². The van der Waals surface area contributed by atoms with Crippen LogP contribution in [0.2, 0.25) is 0 Å². The van der Waals surface area contributed by atoms with Gasteiger partial charge in [0.05, 0.1) is 6.10 Å². The lowest BCUT2D eigenvalue weighted by Crippen LogP contribution is -2.47. The molecule has 0 spiro atoms. The number of phosphoric acid groups is 1. The zero-order valence-corrected chi connectivity index (χ0v) is 14.6. The molecule has 0 aliphatic rings. The van der Waals surface area contributed by atoms with Crippen LogP contribution >= 0.6 is 7.82 Å². The van der Waals surface area contributed by atoms with Crippen LogP contribution in [0.1, 0.15) is 27.7 Å². The highest BCUT2D eigenvalue weighted by Crippen LogP contribution is 2.36. The second kappa shape index (κ2) is 11.9. The molecule has 140 valence electrons. The molecule has 0 radical (unpaired) electrons. The summed E-state index contributed by atoms with van der Waals surface area (Å²) in [5.74, 6) is -1.81. The molecule has 4 atom stereocenters. The molecule has 0 amide bonds. The molecule has 6 N–H and O–H groups in total. The van der Waals surface area contributed by atoms with Crippen LogP contribution < -0.4 is 0 Å². The molecule has 0 aromatic rings. The van der Waals surface area contributed by atoms with Crippen LogP contribution in [0.5, 0.6) is 0 Å². The van der Waals surface area contributed by atoms with E-state index in [0.29, 0.717) is 0 Å². The topological polar surface area (TPSA) is 168 Å². The maximum Gasteiger partial charge on any atom is 0.527 e. The minimum atomic E-state index is -5.13. The summed E-state index contributed by atoms with van der Waals surface area (Å²) in [5, 5.41) is 36.0. The second-order valence-electron chi connectivity index (χ2n) is 4.69. The Hall–Kier alpha value is -0.580. The Bertz CT molecular complexity index is 364. The van der Waals surface area contributed by atoms with E-state index in [1.807, 2.05) is 0 Å². The molecule has 0 fully saturated rings. The van der Waals surface area contributed by atoms with Gasteiger partial charge in [-0.15, -0.1) is 0 Å². The molecule has 0 aromatic heterocycles. The third-order valence-corrected chi connectivity index (χ3v) is 3.38. The summed E-state index contributed by atoms with van der Waals surface area (Å²) in [6, 6.07) is 0. The van der Waals surface area contributed by atoms with Crippen LogP contribution in [-0.4, -0.2) is 85.1 Å². The van der Waals surface area contributed by atoms with Gasteiger partial charge >= 0.3 is 13.8 Å². The van der Waals surface area contributed by atoms with Gasteiger partial charge in [-0.2, -0.15) is 0 Å². The lowest BCUT2D eigenvalue weighted by atomic mass is 10.0. The lowest BCUT2D eigenvalue weighted by molar-refractivity contribution is -0.160. The van der Waals surface area contributed by atoms with Gasteiger partial charge in [-0.25, -0.2) is 9.36 Å². The highest BCUT2D eigenvalue weighted by atomic mass is 31.2. The molecule has 0 aromatic carbocycles. The third kappa shape index (κ3) is 11.6. The molecule has 0 saturated heterocycles. The van der Waals surface area contributed by atoms with E-state index in [2.05, 4.69) is 30.2 Å². The van der Waals surface area contributed by atoms with Crippen molar-refractivity contribution >= 4 is 13.8 Å². The lowest BCUT2D eigenvalue weighted by Gasteiger charge is -2.23. The Morgan fingerprint density at radius 1 is 1.00 bits per heavy atom. The Balaban J connectivity index is 0. The molecule has 23 heavy (non-hydrogen) atoms. The largest absolute Gasteiger partial charge is 0.527 e. The Morgan fingerprint density at radius 2 is 1.39 bits per heavy atom. The normalized spacial score (nSPS) is 16.8. The van der Waals surface area contributed by atoms with Gasteiger partial charge in [0.15, 0.2) is 6.10 Å². The van der Waals surface area contributed by atoms with Crippen LogP contribution in [0.4, 0.5) is 0 Å². The molecule has 0 bridgehead atoms. The van der Waals surface area contributed by atoms with Gasteiger partial charge in [-0.3, -0.25) is 9.79 Å². The Labute approximate surface area is 135 Å². The Kier molecular flexibility index (Phi) is 12.7. The first-order chi connectivity index (χ1) is 10.4. The van der Waals surface area contributed by atoms with E-state index in [4.69, 9.17) is 30.2 Å². The molecule has 0 unspecified atom stereocenters. The van der Waals surface area contributed by atoms with Gasteiger partial charge in [0.2, 0.25) is 0 Å². The van der Waals surface area contributed by atoms with E-state index in [1.54, 1.807) is 0 Å². The molecule has 0 heterocycles. The number of aliphatic hydroxyl groups excluding tert-OH is 4. The monoisotopic (exact) mass is 361 g/mol. The van der Waals surface area contributed by atoms with Crippen LogP contribution in [-0.2, 0) is 13.9 Å². The zero-order chi connectivity index (χ0) is 18.8. The number of hydrogen-bond acceptors (Lipinski definition) is 8. The van der Waals surface area contributed by atoms with Crippen molar-refractivity contribution in [1.82, 2.24) is 4.90 Å². The molecule has 0 aliphatic carbocycles. The molecule has 0 aliphatic heterocycles. The number of hydrogen-bond donors (Lipinski definition) is 6. The van der Waals surface area contributed by atoms with Crippen LogP contribution in [0.25, 0.3) is 0 Å². The summed E-state index contributed by atoms with van der Waals surface area (Å²) in [7, 11) is -5.13. The van der Waals surface area contributed by atoms with Crippen molar-refractivity contribution in [3.63, 3.8) is 0 Å². The molecule has 10 nitrogen and oxygen atoms in total. The van der Waals surface area contributed by atoms with Gasteiger partial charge in [-0.05, 0) is 26.6 Å². The predicted molar refractivity (Wildman–Crippen MR) is 81.3 cm³/mol. The minimum absolute atomic E-state index is 1.08. The van der Waals surface area contributed by atoms with E-state index in [0.717, 1.165) is 6.92 Å². The number of phosphoric ester groups is 1. The summed E-state index contributed by atoms with van der Waals surface area (Å²) < 4.78 is 13.7. The van der Waals surface area contributed by atoms with Gasteiger partial charge in [0.25, 0.3) is 0 Å². The minimum Gasteiger partial charge on any atom is -0.391 e. The first kappa shape index (κ1) is 24.7. The van der Waals surface area contributed by atoms with Crippen molar-refractivity contribution in [3.8, 4) is 0 Å². The summed E-state index contributed by atoms with van der Waals surface area (Å²) >= 11 is 0. The summed E-state index contributed by atoms with van der Waals surface area (Å²) in [6.07, 6.45) is -7.82. The number of carbonyl (C=O) groups is 1. The fraction of sp³-hybridized carbons (Fsp3) is 0.917. The fourth-order valence-corrected chi connectivity index (χ4v) is 1.80. The van der Waals surface area contributed by atoms with Crippen molar-refractivity contribution in [2.45, 2.75) is 52.1 Å². The molecular formula is C12H28NO9P. The molecule has 0 saturated carbocycles. The van der Waals surface area contributed by atoms with Crippen LogP contribution in [0, 0.1) is 0 Å². The third-order valence-electron chi connectivity index (χ3n) is 2.96.